The standard InChI is InChI=1S/C18H22N2O.H3NO2S/c1-18(2)14(12-8-4-3-5-9-12)15(18)17-19-16(20-21-17)13-10-6-7-11-13;1-4(2)3/h3-5,8-9,13-15H,6-7,10-11H2,1-2H3;4H,(H2,1,2,3)/t14-,15+;/m0./s1. The summed E-state index contributed by atoms with van der Waals surface area (Å²) in [5.41, 5.74) is 1.59. The molecule has 136 valence electrons. The van der Waals surface area contributed by atoms with Crippen LogP contribution in [0, 0.1) is 5.41 Å². The molecule has 2 atom stereocenters. The maximum Gasteiger partial charge on any atom is 0.230 e. The van der Waals surface area contributed by atoms with Gasteiger partial charge in [-0.15, -0.1) is 0 Å². The normalized spacial score (nSPS) is 24.8. The number of aromatic nitrogens is 2. The Hall–Kier alpha value is -1.73. The fraction of sp³-hybridized carbons (Fsp3) is 0.556. The van der Waals surface area contributed by atoms with E-state index in [0.717, 1.165) is 11.7 Å². The van der Waals surface area contributed by atoms with Crippen molar-refractivity contribution in [1.82, 2.24) is 10.1 Å². The number of nitrogens with zero attached hydrogens (tertiary/aromatic N) is 2. The van der Waals surface area contributed by atoms with E-state index in [1.165, 1.54) is 31.2 Å². The molecule has 0 unspecified atom stereocenters. The molecule has 0 radical (unpaired) electrons. The molecule has 6 nitrogen and oxygen atoms in total. The van der Waals surface area contributed by atoms with Crippen LogP contribution in [0.1, 0.15) is 74.6 Å². The summed E-state index contributed by atoms with van der Waals surface area (Å²) >= 11 is 0. The van der Waals surface area contributed by atoms with Crippen molar-refractivity contribution in [2.75, 3.05) is 0 Å². The van der Waals surface area contributed by atoms with Gasteiger partial charge in [-0.2, -0.15) is 4.98 Å². The molecule has 2 saturated carbocycles. The molecular weight excluding hydrogens is 338 g/mol. The largest absolute Gasteiger partial charge is 0.339 e. The Balaban J connectivity index is 0.000000415. The van der Waals surface area contributed by atoms with Gasteiger partial charge < -0.3 is 4.52 Å². The summed E-state index contributed by atoms with van der Waals surface area (Å²) in [4.78, 5) is 4.75. The number of hydrogen-bond donors (Lipinski definition) is 2. The zero-order valence-electron chi connectivity index (χ0n) is 14.6. The topological polar surface area (TPSA) is 99.1 Å². The highest BCUT2D eigenvalue weighted by Crippen LogP contribution is 2.69. The SMILES string of the molecule is CC1(C)[C@@H](c2ccccc2)[C@@H]1c1nc(C2CCCC2)no1.N[SH](=O)=O. The van der Waals surface area contributed by atoms with Crippen LogP contribution in [0.15, 0.2) is 34.9 Å². The van der Waals surface area contributed by atoms with Crippen molar-refractivity contribution in [3.05, 3.63) is 47.6 Å². The van der Waals surface area contributed by atoms with Gasteiger partial charge in [0.25, 0.3) is 0 Å². The van der Waals surface area contributed by atoms with Gasteiger partial charge in [0.1, 0.15) is 0 Å². The molecule has 1 heterocycles. The van der Waals surface area contributed by atoms with Crippen molar-refractivity contribution in [2.45, 2.75) is 57.3 Å². The first-order valence-electron chi connectivity index (χ1n) is 8.68. The Bertz CT molecular complexity index is 772. The van der Waals surface area contributed by atoms with Crippen LogP contribution in [0.3, 0.4) is 0 Å². The van der Waals surface area contributed by atoms with Gasteiger partial charge in [0, 0.05) is 11.8 Å². The zero-order valence-corrected chi connectivity index (χ0v) is 15.5. The summed E-state index contributed by atoms with van der Waals surface area (Å²) in [6.45, 7) is 4.60. The van der Waals surface area contributed by atoms with E-state index < -0.39 is 10.9 Å². The molecule has 0 bridgehead atoms. The highest BCUT2D eigenvalue weighted by Gasteiger charge is 2.61. The van der Waals surface area contributed by atoms with Crippen molar-refractivity contribution in [3.63, 3.8) is 0 Å². The van der Waals surface area contributed by atoms with Crippen LogP contribution in [0.5, 0.6) is 0 Å². The van der Waals surface area contributed by atoms with Gasteiger partial charge in [0.05, 0.1) is 5.92 Å². The minimum Gasteiger partial charge on any atom is -0.339 e. The molecule has 7 heteroatoms. The lowest BCUT2D eigenvalue weighted by Gasteiger charge is -2.01. The summed E-state index contributed by atoms with van der Waals surface area (Å²) in [6.07, 6.45) is 5.04. The third kappa shape index (κ3) is 3.93. The van der Waals surface area contributed by atoms with E-state index in [0.29, 0.717) is 17.8 Å². The molecule has 25 heavy (non-hydrogen) atoms. The van der Waals surface area contributed by atoms with E-state index in [-0.39, 0.29) is 5.41 Å². The number of thiol groups is 1. The minimum atomic E-state index is -2.62. The van der Waals surface area contributed by atoms with Gasteiger partial charge in [-0.1, -0.05) is 62.2 Å². The highest BCUT2D eigenvalue weighted by atomic mass is 32.2. The smallest absolute Gasteiger partial charge is 0.230 e. The van der Waals surface area contributed by atoms with Crippen molar-refractivity contribution < 1.29 is 12.9 Å². The molecule has 2 aliphatic rings. The van der Waals surface area contributed by atoms with E-state index in [1.807, 2.05) is 0 Å². The number of rotatable bonds is 3. The monoisotopic (exact) mass is 363 g/mol. The molecule has 1 aromatic heterocycles. The summed E-state index contributed by atoms with van der Waals surface area (Å²) < 4.78 is 23.3. The van der Waals surface area contributed by atoms with Crippen molar-refractivity contribution in [1.29, 1.82) is 0 Å². The Morgan fingerprint density at radius 2 is 1.72 bits per heavy atom. The lowest BCUT2D eigenvalue weighted by Crippen LogP contribution is -1.95. The number of hydrogen-bond acceptors (Lipinski definition) is 5. The molecular formula is C18H25N3O3S. The highest BCUT2D eigenvalue weighted by molar-refractivity contribution is 7.69. The van der Waals surface area contributed by atoms with Crippen LogP contribution in [-0.2, 0) is 10.9 Å². The van der Waals surface area contributed by atoms with E-state index >= 15 is 0 Å². The Labute approximate surface area is 149 Å². The van der Waals surface area contributed by atoms with E-state index in [9.17, 15) is 0 Å². The molecule has 2 aliphatic carbocycles. The molecule has 4 rings (SSSR count). The first kappa shape index (κ1) is 18.1. The number of benzene rings is 1. The van der Waals surface area contributed by atoms with Gasteiger partial charge in [0.2, 0.25) is 5.89 Å². The molecule has 2 aromatic rings. The maximum atomic E-state index is 8.81. The summed E-state index contributed by atoms with van der Waals surface area (Å²) in [5, 5.41) is 8.33. The lowest BCUT2D eigenvalue weighted by atomic mass is 10.0. The molecule has 0 spiro atoms. The molecule has 2 fully saturated rings. The fourth-order valence-electron chi connectivity index (χ4n) is 4.10. The zero-order chi connectivity index (χ0) is 18.0. The lowest BCUT2D eigenvalue weighted by molar-refractivity contribution is 0.360. The van der Waals surface area contributed by atoms with Crippen LogP contribution in [-0.4, -0.2) is 18.6 Å². The van der Waals surface area contributed by atoms with Crippen LogP contribution in [0.25, 0.3) is 0 Å². The average molecular weight is 363 g/mol. The number of nitrogens with two attached hydrogens (primary N) is 1. The molecule has 2 N–H and O–H groups in total. The first-order chi connectivity index (χ1) is 11.9. The van der Waals surface area contributed by atoms with E-state index in [1.54, 1.807) is 0 Å². The van der Waals surface area contributed by atoms with E-state index in [4.69, 9.17) is 17.9 Å². The fourth-order valence-corrected chi connectivity index (χ4v) is 4.10. The second-order valence-electron chi connectivity index (χ2n) is 7.44. The van der Waals surface area contributed by atoms with Crippen LogP contribution in [0.2, 0.25) is 0 Å². The Morgan fingerprint density at radius 1 is 1.12 bits per heavy atom. The van der Waals surface area contributed by atoms with Crippen molar-refractivity contribution >= 4 is 10.9 Å². The van der Waals surface area contributed by atoms with Crippen LogP contribution >= 0.6 is 0 Å². The predicted octanol–water partition coefficient (Wildman–Crippen LogP) is 3.11. The van der Waals surface area contributed by atoms with Crippen LogP contribution in [0.4, 0.5) is 0 Å². The first-order valence-corrected chi connectivity index (χ1v) is 9.93. The Morgan fingerprint density at radius 3 is 2.32 bits per heavy atom. The van der Waals surface area contributed by atoms with E-state index in [2.05, 4.69) is 54.5 Å². The molecule has 0 amide bonds. The third-order valence-electron chi connectivity index (χ3n) is 5.43. The minimum absolute atomic E-state index is 0.209. The molecule has 0 saturated heterocycles. The molecule has 1 aromatic carbocycles. The van der Waals surface area contributed by atoms with Crippen molar-refractivity contribution in [2.24, 2.45) is 10.6 Å². The van der Waals surface area contributed by atoms with Crippen molar-refractivity contribution in [3.8, 4) is 0 Å². The van der Waals surface area contributed by atoms with Gasteiger partial charge >= 0.3 is 0 Å². The third-order valence-corrected chi connectivity index (χ3v) is 5.43. The summed E-state index contributed by atoms with van der Waals surface area (Å²) in [7, 11) is -2.62. The second-order valence-corrected chi connectivity index (χ2v) is 8.02. The van der Waals surface area contributed by atoms with Gasteiger partial charge in [-0.25, -0.2) is 13.6 Å². The summed E-state index contributed by atoms with van der Waals surface area (Å²) in [6, 6.07) is 10.7. The quantitative estimate of drug-likeness (QED) is 0.816. The van der Waals surface area contributed by atoms with Crippen LogP contribution < -0.4 is 5.14 Å². The van der Waals surface area contributed by atoms with Gasteiger partial charge in [0.15, 0.2) is 16.7 Å². The second kappa shape index (κ2) is 7.25. The molecule has 0 aliphatic heterocycles. The van der Waals surface area contributed by atoms with Gasteiger partial charge in [-0.05, 0) is 23.8 Å². The predicted molar refractivity (Wildman–Crippen MR) is 95.7 cm³/mol. The average Bonchev–Trinajstić information content (AvgIpc) is 3.04. The summed E-state index contributed by atoms with van der Waals surface area (Å²) in [5.74, 6) is 3.17. The van der Waals surface area contributed by atoms with Gasteiger partial charge in [-0.3, -0.25) is 0 Å². The Kier molecular flexibility index (Phi) is 5.24. The maximum absolute atomic E-state index is 8.81.